The maximum atomic E-state index is 14.2. The normalized spacial score (nSPS) is 29.6. The highest BCUT2D eigenvalue weighted by Gasteiger charge is 2.47. The van der Waals surface area contributed by atoms with E-state index in [0.29, 0.717) is 61.5 Å². The number of likely N-dealkylation sites (N-methyl/N-ethyl adjacent to an activating group) is 1. The van der Waals surface area contributed by atoms with Crippen molar-refractivity contribution in [1.29, 1.82) is 5.26 Å². The number of alkyl halides is 1. The predicted molar refractivity (Wildman–Crippen MR) is 163 cm³/mol. The number of aliphatic hydroxyl groups is 1. The van der Waals surface area contributed by atoms with E-state index in [9.17, 15) is 14.8 Å². The van der Waals surface area contributed by atoms with Crippen LogP contribution in [0.5, 0.6) is 6.01 Å². The number of ether oxygens (including phenoxy) is 2. The number of hydrogen-bond donors (Lipinski definition) is 2. The van der Waals surface area contributed by atoms with Crippen LogP contribution in [0.1, 0.15) is 67.8 Å². The molecule has 4 aliphatic rings. The molecule has 2 saturated heterocycles. The highest BCUT2D eigenvalue weighted by Crippen LogP contribution is 2.48. The molecule has 2 aliphatic carbocycles. The van der Waals surface area contributed by atoms with Crippen LogP contribution in [0.4, 0.5) is 15.3 Å². The Hall–Kier alpha value is -3.45. The van der Waals surface area contributed by atoms with Crippen molar-refractivity contribution in [3.05, 3.63) is 21.9 Å². The maximum absolute atomic E-state index is 14.2. The van der Waals surface area contributed by atoms with E-state index in [1.807, 2.05) is 30.7 Å². The summed E-state index contributed by atoms with van der Waals surface area (Å²) >= 11 is 1.44. The first-order valence-electron chi connectivity index (χ1n) is 15.6. The molecule has 3 aromatic rings. The molecule has 2 aliphatic heterocycles. The van der Waals surface area contributed by atoms with Gasteiger partial charge in [0.2, 0.25) is 23.5 Å². The van der Waals surface area contributed by atoms with Crippen molar-refractivity contribution >= 4 is 22.3 Å². The van der Waals surface area contributed by atoms with Crippen LogP contribution in [-0.2, 0) is 16.6 Å². The van der Waals surface area contributed by atoms with Crippen molar-refractivity contribution in [2.75, 3.05) is 50.5 Å². The largest absolute Gasteiger partial charge is 0.459 e. The first kappa shape index (κ1) is 30.2. The standard InChI is InChI=1S/C30H38FN9O4S/c1-16(20-11-18(31)13-39(20)3)43-28-36-24(35-27(37-28)40-9-10-42-15-30(41,14-40)17-6-7-17)25-34-26(44-38-25)29(2)8-4-5-21-22(29)19(12-32)23(33)45-21/h16-18,20,41H,4-11,13-15,33H2,1-3H3/t16-,18+,20-,29-,30-/m0/s1. The number of aromatic nitrogens is 5. The van der Waals surface area contributed by atoms with Crippen molar-refractivity contribution in [2.24, 2.45) is 5.92 Å². The van der Waals surface area contributed by atoms with Crippen LogP contribution in [0.15, 0.2) is 4.52 Å². The van der Waals surface area contributed by atoms with Crippen LogP contribution in [0.25, 0.3) is 11.6 Å². The van der Waals surface area contributed by atoms with Crippen LogP contribution < -0.4 is 15.4 Å². The van der Waals surface area contributed by atoms with Crippen LogP contribution in [0, 0.1) is 17.2 Å². The molecule has 15 heteroatoms. The predicted octanol–water partition coefficient (Wildman–Crippen LogP) is 2.87. The summed E-state index contributed by atoms with van der Waals surface area (Å²) in [5.74, 6) is 1.09. The third-order valence-corrected chi connectivity index (χ3v) is 10.9. The number of nitriles is 1. The number of nitrogens with zero attached hydrogens (tertiary/aromatic N) is 8. The molecule has 0 radical (unpaired) electrons. The second kappa shape index (κ2) is 11.4. The highest BCUT2D eigenvalue weighted by molar-refractivity contribution is 7.16. The van der Waals surface area contributed by atoms with E-state index in [1.54, 1.807) is 0 Å². The van der Waals surface area contributed by atoms with Gasteiger partial charge in [-0.1, -0.05) is 5.16 Å². The van der Waals surface area contributed by atoms with Gasteiger partial charge in [-0.2, -0.15) is 25.2 Å². The quantitative estimate of drug-likeness (QED) is 0.387. The van der Waals surface area contributed by atoms with Crippen molar-refractivity contribution in [3.63, 3.8) is 0 Å². The zero-order chi connectivity index (χ0) is 31.5. The molecule has 240 valence electrons. The molecular formula is C30H38FN9O4S. The number of aryl methyl sites for hydroxylation is 1. The van der Waals surface area contributed by atoms with Crippen molar-refractivity contribution in [2.45, 2.75) is 81.7 Å². The van der Waals surface area contributed by atoms with E-state index >= 15 is 0 Å². The van der Waals surface area contributed by atoms with Gasteiger partial charge < -0.3 is 29.7 Å². The topological polar surface area (TPSA) is 173 Å². The molecule has 0 spiro atoms. The fraction of sp³-hybridized carbons (Fsp3) is 0.667. The summed E-state index contributed by atoms with van der Waals surface area (Å²) in [5, 5.41) is 26.1. The van der Waals surface area contributed by atoms with E-state index in [4.69, 9.17) is 29.7 Å². The molecule has 0 unspecified atom stereocenters. The van der Waals surface area contributed by atoms with Crippen molar-refractivity contribution < 1.29 is 23.5 Å². The number of halogens is 1. The lowest BCUT2D eigenvalue weighted by Gasteiger charge is -2.31. The van der Waals surface area contributed by atoms with Gasteiger partial charge in [0.1, 0.15) is 28.9 Å². The number of fused-ring (bicyclic) bond motifs is 1. The third-order valence-electron chi connectivity index (χ3n) is 9.78. The van der Waals surface area contributed by atoms with E-state index < -0.39 is 23.3 Å². The zero-order valence-electron chi connectivity index (χ0n) is 25.7. The van der Waals surface area contributed by atoms with Crippen molar-refractivity contribution in [3.8, 4) is 23.7 Å². The molecule has 13 nitrogen and oxygen atoms in total. The Morgan fingerprint density at radius 3 is 2.80 bits per heavy atom. The van der Waals surface area contributed by atoms with E-state index in [2.05, 4.69) is 21.2 Å². The molecule has 7 rings (SSSR count). The number of nitrogens with two attached hydrogens (primary N) is 1. The van der Waals surface area contributed by atoms with Gasteiger partial charge in [0.25, 0.3) is 0 Å². The monoisotopic (exact) mass is 639 g/mol. The van der Waals surface area contributed by atoms with Gasteiger partial charge in [-0.15, -0.1) is 11.3 Å². The minimum absolute atomic E-state index is 0.0493. The molecule has 0 bridgehead atoms. The van der Waals surface area contributed by atoms with Gasteiger partial charge in [0.15, 0.2) is 0 Å². The Morgan fingerprint density at radius 1 is 1.24 bits per heavy atom. The Kier molecular flexibility index (Phi) is 7.66. The summed E-state index contributed by atoms with van der Waals surface area (Å²) in [7, 11) is 1.88. The van der Waals surface area contributed by atoms with Crippen molar-refractivity contribution in [1.82, 2.24) is 30.0 Å². The SMILES string of the molecule is C[C@H](Oc1nc(-c2noc([C@@]3(C)CCCc4sc(N)c(C#N)c43)n2)nc(N2CCOC[C@](O)(C3CC3)C2)n1)[C@@H]1C[C@@H](F)CN1C. The Bertz CT molecular complexity index is 1620. The molecule has 45 heavy (non-hydrogen) atoms. The van der Waals surface area contributed by atoms with Crippen LogP contribution in [0.3, 0.4) is 0 Å². The maximum Gasteiger partial charge on any atom is 0.322 e. The average molecular weight is 640 g/mol. The zero-order valence-corrected chi connectivity index (χ0v) is 26.5. The summed E-state index contributed by atoms with van der Waals surface area (Å²) in [5.41, 5.74) is 5.80. The number of likely N-dealkylation sites (tertiary alicyclic amines) is 1. The molecule has 0 aromatic carbocycles. The highest BCUT2D eigenvalue weighted by atomic mass is 32.1. The molecule has 1 saturated carbocycles. The number of thiophene rings is 1. The van der Waals surface area contributed by atoms with E-state index in [1.165, 1.54) is 11.3 Å². The molecule has 0 amide bonds. The Labute approximate surface area is 264 Å². The summed E-state index contributed by atoms with van der Waals surface area (Å²) in [4.78, 5) is 23.6. The molecule has 5 atom stereocenters. The number of rotatable bonds is 7. The smallest absolute Gasteiger partial charge is 0.322 e. The fourth-order valence-electron chi connectivity index (χ4n) is 7.16. The molecular weight excluding hydrogens is 601 g/mol. The molecule has 3 fully saturated rings. The number of hydrogen-bond acceptors (Lipinski definition) is 14. The fourth-order valence-corrected chi connectivity index (χ4v) is 8.36. The van der Waals surface area contributed by atoms with Gasteiger partial charge in [0.05, 0.1) is 30.7 Å². The third kappa shape index (κ3) is 5.51. The van der Waals surface area contributed by atoms with Gasteiger partial charge in [-0.25, -0.2) is 4.39 Å². The average Bonchev–Trinajstić information content (AvgIpc) is 3.58. The number of β-amino-alcohol motifs (C(OH)–C–C–N with tert-alkyl or cyclic N) is 1. The lowest BCUT2D eigenvalue weighted by atomic mass is 9.72. The summed E-state index contributed by atoms with van der Waals surface area (Å²) < 4.78 is 32.1. The lowest BCUT2D eigenvalue weighted by Crippen LogP contribution is -2.47. The van der Waals surface area contributed by atoms with Crippen LogP contribution >= 0.6 is 11.3 Å². The van der Waals surface area contributed by atoms with Gasteiger partial charge in [0, 0.05) is 29.6 Å². The van der Waals surface area contributed by atoms with Crippen LogP contribution in [0.2, 0.25) is 0 Å². The van der Waals surface area contributed by atoms with E-state index in [-0.39, 0.29) is 36.2 Å². The van der Waals surface area contributed by atoms with Gasteiger partial charge in [-0.05, 0) is 65.3 Å². The van der Waals surface area contributed by atoms with Gasteiger partial charge >= 0.3 is 6.01 Å². The minimum Gasteiger partial charge on any atom is -0.459 e. The molecule has 5 heterocycles. The lowest BCUT2D eigenvalue weighted by molar-refractivity contribution is -0.0418. The number of anilines is 2. The summed E-state index contributed by atoms with van der Waals surface area (Å²) in [6, 6.07) is 2.17. The van der Waals surface area contributed by atoms with Gasteiger partial charge in [-0.3, -0.25) is 4.90 Å². The van der Waals surface area contributed by atoms with Crippen LogP contribution in [-0.4, -0.2) is 98.9 Å². The molecule has 3 N–H and O–H groups in total. The summed E-state index contributed by atoms with van der Waals surface area (Å²) in [6.45, 7) is 5.60. The first-order valence-corrected chi connectivity index (χ1v) is 16.4. The second-order valence-electron chi connectivity index (χ2n) is 13.1. The Morgan fingerprint density at radius 2 is 2.07 bits per heavy atom. The first-order chi connectivity index (χ1) is 21.6. The molecule has 3 aromatic heterocycles. The number of nitrogen functional groups attached to an aromatic ring is 1. The Balaban J connectivity index is 1.25. The van der Waals surface area contributed by atoms with E-state index in [0.717, 1.165) is 36.1 Å². The minimum atomic E-state index is -1.02. The second-order valence-corrected chi connectivity index (χ2v) is 14.3. The summed E-state index contributed by atoms with van der Waals surface area (Å²) in [6.07, 6.45) is 3.34.